The van der Waals surface area contributed by atoms with E-state index in [2.05, 4.69) is 52.0 Å². The lowest BCUT2D eigenvalue weighted by Gasteiger charge is -2.23. The predicted octanol–water partition coefficient (Wildman–Crippen LogP) is 3.75. The van der Waals surface area contributed by atoms with Gasteiger partial charge >= 0.3 is 0 Å². The minimum Gasteiger partial charge on any atom is -0.415 e. The molecular weight excluding hydrogens is 200 g/mol. The minimum atomic E-state index is -1.05. The zero-order valence-corrected chi connectivity index (χ0v) is 11.4. The Morgan fingerprint density at radius 1 is 1.00 bits per heavy atom. The Morgan fingerprint density at radius 2 is 1.53 bits per heavy atom. The monoisotopic (exact) mass is 222 g/mol. The fourth-order valence-corrected chi connectivity index (χ4v) is 4.62. The first-order chi connectivity index (χ1) is 7.11. The lowest BCUT2D eigenvalue weighted by Crippen LogP contribution is -2.25. The number of hydrogen-bond acceptors (Lipinski definition) is 1. The van der Waals surface area contributed by atoms with Crippen LogP contribution in [0.2, 0.25) is 11.1 Å². The van der Waals surface area contributed by atoms with Crippen molar-refractivity contribution in [3.63, 3.8) is 0 Å². The third kappa shape index (κ3) is 4.18. The molecule has 0 unspecified atom stereocenters. The van der Waals surface area contributed by atoms with Gasteiger partial charge in [0.25, 0.3) is 0 Å². The van der Waals surface area contributed by atoms with Crippen molar-refractivity contribution in [3.8, 4) is 0 Å². The summed E-state index contributed by atoms with van der Waals surface area (Å²) in [6.45, 7) is 9.90. The predicted molar refractivity (Wildman–Crippen MR) is 68.6 cm³/mol. The summed E-state index contributed by atoms with van der Waals surface area (Å²) in [7, 11) is -1.05. The molecule has 0 spiro atoms. The van der Waals surface area contributed by atoms with Crippen molar-refractivity contribution in [2.45, 2.75) is 45.4 Å². The minimum absolute atomic E-state index is 0.716. The second kappa shape index (κ2) is 6.08. The van der Waals surface area contributed by atoms with Crippen LogP contribution in [0.4, 0.5) is 0 Å². The zero-order valence-electron chi connectivity index (χ0n) is 10.2. The average molecular weight is 222 g/mol. The first-order valence-corrected chi connectivity index (χ1v) is 7.57. The average Bonchev–Trinajstić information content (AvgIpc) is 2.18. The van der Waals surface area contributed by atoms with Crippen molar-refractivity contribution in [2.75, 3.05) is 0 Å². The second-order valence-electron chi connectivity index (χ2n) is 4.75. The molecule has 0 aliphatic rings. The van der Waals surface area contributed by atoms with E-state index in [1.807, 2.05) is 6.07 Å². The Hall–Kier alpha value is -0.603. The Bertz CT molecular complexity index is 261. The van der Waals surface area contributed by atoms with Gasteiger partial charge in [0.15, 0.2) is 9.04 Å². The molecule has 0 heterocycles. The maximum Gasteiger partial charge on any atom is 0.182 e. The topological polar surface area (TPSA) is 9.23 Å². The van der Waals surface area contributed by atoms with Crippen LogP contribution >= 0.6 is 0 Å². The summed E-state index contributed by atoms with van der Waals surface area (Å²) in [5.41, 5.74) is 2.72. The molecule has 1 aromatic rings. The normalized spacial score (nSPS) is 11.7. The van der Waals surface area contributed by atoms with Crippen LogP contribution in [-0.4, -0.2) is 9.04 Å². The first kappa shape index (κ1) is 12.5. The fraction of sp³-hybridized carbons (Fsp3) is 0.538. The van der Waals surface area contributed by atoms with Crippen LogP contribution in [0.3, 0.4) is 0 Å². The van der Waals surface area contributed by atoms with Crippen LogP contribution in [0.1, 0.15) is 33.3 Å². The van der Waals surface area contributed by atoms with E-state index in [9.17, 15) is 0 Å². The molecule has 0 radical (unpaired) electrons. The molecule has 2 heteroatoms. The summed E-state index contributed by atoms with van der Waals surface area (Å²) in [4.78, 5) is 0. The highest BCUT2D eigenvalue weighted by Gasteiger charge is 2.20. The number of hydrogen-bond donors (Lipinski definition) is 0. The number of rotatable bonds is 5. The van der Waals surface area contributed by atoms with Crippen LogP contribution in [0.15, 0.2) is 30.3 Å². The largest absolute Gasteiger partial charge is 0.415 e. The number of benzene rings is 1. The maximum absolute atomic E-state index is 6.09. The summed E-state index contributed by atoms with van der Waals surface area (Å²) in [6.07, 6.45) is 0. The van der Waals surface area contributed by atoms with Crippen LogP contribution in [-0.2, 0) is 11.0 Å². The van der Waals surface area contributed by atoms with E-state index >= 15 is 0 Å². The highest BCUT2D eigenvalue weighted by molar-refractivity contribution is 6.54. The molecule has 0 amide bonds. The van der Waals surface area contributed by atoms with E-state index in [1.165, 1.54) is 5.56 Å². The van der Waals surface area contributed by atoms with Gasteiger partial charge in [0.05, 0.1) is 6.61 Å². The van der Waals surface area contributed by atoms with Crippen molar-refractivity contribution in [2.24, 2.45) is 0 Å². The molecule has 1 nitrogen and oxygen atoms in total. The Kier molecular flexibility index (Phi) is 5.06. The van der Waals surface area contributed by atoms with Gasteiger partial charge in [-0.15, -0.1) is 0 Å². The molecule has 0 N–H and O–H groups in total. The summed E-state index contributed by atoms with van der Waals surface area (Å²) in [6, 6.07) is 10.4. The molecule has 0 bridgehead atoms. The van der Waals surface area contributed by atoms with Crippen LogP contribution in [0.5, 0.6) is 0 Å². The van der Waals surface area contributed by atoms with Gasteiger partial charge in [0, 0.05) is 0 Å². The van der Waals surface area contributed by atoms with Gasteiger partial charge in [-0.3, -0.25) is 0 Å². The molecular formula is C13H22OSi. The fourth-order valence-electron chi connectivity index (χ4n) is 1.92. The highest BCUT2D eigenvalue weighted by Crippen LogP contribution is 2.21. The van der Waals surface area contributed by atoms with Crippen molar-refractivity contribution in [1.29, 1.82) is 0 Å². The van der Waals surface area contributed by atoms with Crippen LogP contribution < -0.4 is 0 Å². The third-order valence-corrected chi connectivity index (χ3v) is 5.78. The van der Waals surface area contributed by atoms with Crippen LogP contribution in [0.25, 0.3) is 0 Å². The molecule has 1 rings (SSSR count). The van der Waals surface area contributed by atoms with E-state index in [4.69, 9.17) is 4.43 Å². The molecule has 0 saturated heterocycles. The summed E-state index contributed by atoms with van der Waals surface area (Å²) >= 11 is 0. The van der Waals surface area contributed by atoms with Gasteiger partial charge in [0.1, 0.15) is 0 Å². The molecule has 0 fully saturated rings. The molecule has 15 heavy (non-hydrogen) atoms. The van der Waals surface area contributed by atoms with Crippen molar-refractivity contribution < 1.29 is 4.43 Å². The third-order valence-electron chi connectivity index (χ3n) is 2.60. The Balaban J connectivity index is 2.47. The standard InChI is InChI=1S/C13H22OSi/c1-11(2)15(12(3)4)14-10-13-8-6-5-7-9-13/h5-9,11-12,15H,10H2,1-4H3. The van der Waals surface area contributed by atoms with Gasteiger partial charge in [0.2, 0.25) is 0 Å². The van der Waals surface area contributed by atoms with E-state index in [0.717, 1.165) is 6.61 Å². The Labute approximate surface area is 95.2 Å². The Morgan fingerprint density at radius 3 is 2.00 bits per heavy atom. The van der Waals surface area contributed by atoms with Gasteiger partial charge in [-0.05, 0) is 16.6 Å². The smallest absolute Gasteiger partial charge is 0.182 e. The van der Waals surface area contributed by atoms with E-state index in [0.29, 0.717) is 11.1 Å². The second-order valence-corrected chi connectivity index (χ2v) is 8.68. The molecule has 0 saturated carbocycles. The highest BCUT2D eigenvalue weighted by atomic mass is 28.3. The summed E-state index contributed by atoms with van der Waals surface area (Å²) in [5, 5.41) is 0. The lowest BCUT2D eigenvalue weighted by atomic mass is 10.2. The molecule has 84 valence electrons. The maximum atomic E-state index is 6.09. The van der Waals surface area contributed by atoms with Crippen molar-refractivity contribution >= 4 is 9.04 Å². The van der Waals surface area contributed by atoms with Gasteiger partial charge in [-0.1, -0.05) is 58.0 Å². The van der Waals surface area contributed by atoms with Gasteiger partial charge in [-0.25, -0.2) is 0 Å². The van der Waals surface area contributed by atoms with Crippen LogP contribution in [0, 0.1) is 0 Å². The molecule has 0 aliphatic heterocycles. The SMILES string of the molecule is CC(C)[SiH](OCc1ccccc1)C(C)C. The van der Waals surface area contributed by atoms with Crippen molar-refractivity contribution in [1.82, 2.24) is 0 Å². The van der Waals surface area contributed by atoms with E-state index in [1.54, 1.807) is 0 Å². The first-order valence-electron chi connectivity index (χ1n) is 5.76. The quantitative estimate of drug-likeness (QED) is 0.690. The van der Waals surface area contributed by atoms with E-state index < -0.39 is 9.04 Å². The van der Waals surface area contributed by atoms with E-state index in [-0.39, 0.29) is 0 Å². The molecule has 0 aliphatic carbocycles. The zero-order chi connectivity index (χ0) is 11.3. The van der Waals surface area contributed by atoms with Gasteiger partial charge < -0.3 is 4.43 Å². The van der Waals surface area contributed by atoms with Crippen molar-refractivity contribution in [3.05, 3.63) is 35.9 Å². The lowest BCUT2D eigenvalue weighted by molar-refractivity contribution is 0.296. The summed E-state index contributed by atoms with van der Waals surface area (Å²) in [5.74, 6) is 0. The summed E-state index contributed by atoms with van der Waals surface area (Å²) < 4.78 is 6.09. The van der Waals surface area contributed by atoms with Gasteiger partial charge in [-0.2, -0.15) is 0 Å². The molecule has 0 atom stereocenters. The molecule has 0 aromatic heterocycles. The molecule has 1 aromatic carbocycles.